The van der Waals surface area contributed by atoms with Gasteiger partial charge in [-0.1, -0.05) is 25.2 Å². The summed E-state index contributed by atoms with van der Waals surface area (Å²) in [6.45, 7) is 8.89. The van der Waals surface area contributed by atoms with Crippen molar-refractivity contribution < 1.29 is 10.2 Å². The summed E-state index contributed by atoms with van der Waals surface area (Å²) in [5.74, 6) is 0. The number of hydrogen-bond acceptors (Lipinski definition) is 2. The van der Waals surface area contributed by atoms with Crippen LogP contribution in [0.4, 0.5) is 0 Å². The van der Waals surface area contributed by atoms with Crippen molar-refractivity contribution in [3.05, 3.63) is 24.8 Å². The molecule has 0 radical (unpaired) electrons. The first-order valence-corrected chi connectivity index (χ1v) is 4.19. The predicted octanol–water partition coefficient (Wildman–Crippen LogP) is 1.89. The van der Waals surface area contributed by atoms with Gasteiger partial charge in [0.15, 0.2) is 0 Å². The molecule has 2 unspecified atom stereocenters. The fourth-order valence-corrected chi connectivity index (χ4v) is 0.445. The van der Waals surface area contributed by atoms with Crippen molar-refractivity contribution in [3.63, 3.8) is 0 Å². The number of allylic oxidation sites excluding steroid dienone is 1. The molecule has 0 bridgehead atoms. The van der Waals surface area contributed by atoms with E-state index >= 15 is 0 Å². The number of rotatable bonds is 3. The smallest absolute Gasteiger partial charge is 0.0715 e. The lowest BCUT2D eigenvalue weighted by Crippen LogP contribution is -1.95. The normalized spacial score (nSPS) is 14.8. The summed E-state index contributed by atoms with van der Waals surface area (Å²) in [7, 11) is 0. The Bertz CT molecular complexity index is 117. The van der Waals surface area contributed by atoms with E-state index in [1.807, 2.05) is 19.9 Å². The zero-order valence-electron chi connectivity index (χ0n) is 8.20. The quantitative estimate of drug-likeness (QED) is 0.638. The van der Waals surface area contributed by atoms with E-state index in [0.29, 0.717) is 0 Å². The van der Waals surface area contributed by atoms with Crippen LogP contribution in [0, 0.1) is 0 Å². The van der Waals surface area contributed by atoms with Gasteiger partial charge in [0.2, 0.25) is 0 Å². The van der Waals surface area contributed by atoms with E-state index in [1.54, 1.807) is 13.0 Å². The standard InChI is InChI=1S/2C5H10O/c1-3-4-5(2)6;1-3-5(6)4-2/h3-6H,1-2H3;3,5-6H,1,4H2,2H3. The van der Waals surface area contributed by atoms with Crippen LogP contribution in [0.25, 0.3) is 0 Å². The van der Waals surface area contributed by atoms with Crippen molar-refractivity contribution in [2.24, 2.45) is 0 Å². The van der Waals surface area contributed by atoms with Crippen LogP contribution in [0.1, 0.15) is 27.2 Å². The molecule has 2 atom stereocenters. The first kappa shape index (κ1) is 14.0. The molecule has 2 heteroatoms. The number of hydrogen-bond donors (Lipinski definition) is 2. The van der Waals surface area contributed by atoms with E-state index in [2.05, 4.69) is 6.58 Å². The summed E-state index contributed by atoms with van der Waals surface area (Å²) in [6, 6.07) is 0. The molecule has 0 spiro atoms. The Hall–Kier alpha value is -0.600. The molecular weight excluding hydrogens is 152 g/mol. The molecule has 2 nitrogen and oxygen atoms in total. The molecule has 0 aromatic rings. The minimum Gasteiger partial charge on any atom is -0.389 e. The van der Waals surface area contributed by atoms with Gasteiger partial charge >= 0.3 is 0 Å². The first-order chi connectivity index (χ1) is 5.58. The minimum atomic E-state index is -0.301. The van der Waals surface area contributed by atoms with Crippen LogP contribution in [0.3, 0.4) is 0 Å². The van der Waals surface area contributed by atoms with Crippen LogP contribution in [0.15, 0.2) is 24.8 Å². The molecule has 12 heavy (non-hydrogen) atoms. The highest BCUT2D eigenvalue weighted by atomic mass is 16.3. The van der Waals surface area contributed by atoms with Gasteiger partial charge < -0.3 is 10.2 Å². The Kier molecular flexibility index (Phi) is 12.1. The van der Waals surface area contributed by atoms with Gasteiger partial charge in [-0.3, -0.25) is 0 Å². The van der Waals surface area contributed by atoms with E-state index in [9.17, 15) is 0 Å². The lowest BCUT2D eigenvalue weighted by Gasteiger charge is -1.93. The summed E-state index contributed by atoms with van der Waals surface area (Å²) in [6.07, 6.45) is 5.26. The second kappa shape index (κ2) is 10.4. The average molecular weight is 172 g/mol. The highest BCUT2D eigenvalue weighted by Gasteiger charge is 1.86. The van der Waals surface area contributed by atoms with Gasteiger partial charge in [0.1, 0.15) is 0 Å². The van der Waals surface area contributed by atoms with Crippen molar-refractivity contribution in [3.8, 4) is 0 Å². The van der Waals surface area contributed by atoms with E-state index in [1.165, 1.54) is 6.08 Å². The Morgan fingerprint density at radius 3 is 1.92 bits per heavy atom. The molecule has 0 saturated carbocycles. The molecular formula is C10H20O2. The van der Waals surface area contributed by atoms with Gasteiger partial charge in [0.05, 0.1) is 12.2 Å². The van der Waals surface area contributed by atoms with E-state index in [0.717, 1.165) is 6.42 Å². The highest BCUT2D eigenvalue weighted by molar-refractivity contribution is 4.81. The van der Waals surface area contributed by atoms with Crippen molar-refractivity contribution in [2.75, 3.05) is 0 Å². The van der Waals surface area contributed by atoms with Gasteiger partial charge in [-0.15, -0.1) is 6.58 Å². The minimum absolute atomic E-state index is 0.282. The lowest BCUT2D eigenvalue weighted by atomic mass is 10.3. The van der Waals surface area contributed by atoms with E-state index < -0.39 is 0 Å². The van der Waals surface area contributed by atoms with E-state index in [4.69, 9.17) is 10.2 Å². The molecule has 0 rings (SSSR count). The third kappa shape index (κ3) is 16.2. The number of aliphatic hydroxyl groups is 2. The van der Waals surface area contributed by atoms with Gasteiger partial charge in [-0.05, 0) is 20.3 Å². The topological polar surface area (TPSA) is 40.5 Å². The second-order valence-electron chi connectivity index (χ2n) is 2.48. The molecule has 0 heterocycles. The fraction of sp³-hybridized carbons (Fsp3) is 0.600. The molecule has 0 aliphatic rings. The van der Waals surface area contributed by atoms with Crippen LogP contribution >= 0.6 is 0 Å². The maximum atomic E-state index is 8.55. The summed E-state index contributed by atoms with van der Waals surface area (Å²) in [5.41, 5.74) is 0. The second-order valence-corrected chi connectivity index (χ2v) is 2.48. The van der Waals surface area contributed by atoms with Crippen LogP contribution < -0.4 is 0 Å². The van der Waals surface area contributed by atoms with Gasteiger partial charge in [-0.25, -0.2) is 0 Å². The molecule has 72 valence electrons. The van der Waals surface area contributed by atoms with Crippen molar-refractivity contribution >= 4 is 0 Å². The zero-order chi connectivity index (χ0) is 9.98. The van der Waals surface area contributed by atoms with Crippen molar-refractivity contribution in [1.29, 1.82) is 0 Å². The molecule has 0 aromatic carbocycles. The van der Waals surface area contributed by atoms with Crippen LogP contribution in [-0.2, 0) is 0 Å². The molecule has 0 amide bonds. The third-order valence-electron chi connectivity index (χ3n) is 1.16. The van der Waals surface area contributed by atoms with Gasteiger partial charge in [0, 0.05) is 0 Å². The van der Waals surface area contributed by atoms with Gasteiger partial charge in [-0.2, -0.15) is 0 Å². The Balaban J connectivity index is 0. The van der Waals surface area contributed by atoms with E-state index in [-0.39, 0.29) is 12.2 Å². The van der Waals surface area contributed by atoms with Gasteiger partial charge in [0.25, 0.3) is 0 Å². The fourth-order valence-electron chi connectivity index (χ4n) is 0.445. The summed E-state index contributed by atoms with van der Waals surface area (Å²) >= 11 is 0. The van der Waals surface area contributed by atoms with Crippen LogP contribution in [0.5, 0.6) is 0 Å². The predicted molar refractivity (Wildman–Crippen MR) is 53.0 cm³/mol. The monoisotopic (exact) mass is 172 g/mol. The van der Waals surface area contributed by atoms with Crippen LogP contribution in [-0.4, -0.2) is 22.4 Å². The number of aliphatic hydroxyl groups excluding tert-OH is 2. The molecule has 0 saturated heterocycles. The molecule has 2 N–H and O–H groups in total. The Morgan fingerprint density at radius 1 is 1.42 bits per heavy atom. The highest BCUT2D eigenvalue weighted by Crippen LogP contribution is 1.86. The third-order valence-corrected chi connectivity index (χ3v) is 1.16. The average Bonchev–Trinajstić information content (AvgIpc) is 2.04. The first-order valence-electron chi connectivity index (χ1n) is 4.19. The maximum absolute atomic E-state index is 8.55. The largest absolute Gasteiger partial charge is 0.389 e. The summed E-state index contributed by atoms with van der Waals surface area (Å²) in [4.78, 5) is 0. The van der Waals surface area contributed by atoms with Crippen molar-refractivity contribution in [1.82, 2.24) is 0 Å². The molecule has 0 aliphatic carbocycles. The Morgan fingerprint density at radius 2 is 1.92 bits per heavy atom. The maximum Gasteiger partial charge on any atom is 0.0715 e. The van der Waals surface area contributed by atoms with Crippen LogP contribution in [0.2, 0.25) is 0 Å². The lowest BCUT2D eigenvalue weighted by molar-refractivity contribution is 0.219. The SMILES string of the molecule is C=CC(O)CC.CC=CC(C)O. The van der Waals surface area contributed by atoms with Crippen molar-refractivity contribution in [2.45, 2.75) is 39.4 Å². The Labute approximate surface area is 75.2 Å². The molecule has 0 fully saturated rings. The molecule has 0 aliphatic heterocycles. The zero-order valence-corrected chi connectivity index (χ0v) is 8.20. The summed E-state index contributed by atoms with van der Waals surface area (Å²) in [5, 5.41) is 17.0. The summed E-state index contributed by atoms with van der Waals surface area (Å²) < 4.78 is 0. The molecule has 0 aromatic heterocycles.